The maximum atomic E-state index is 12.6. The van der Waals surface area contributed by atoms with Crippen LogP contribution in [-0.4, -0.2) is 46.4 Å². The molecule has 0 spiro atoms. The Morgan fingerprint density at radius 2 is 1.76 bits per heavy atom. The molecular formula is C25H23NO6S. The van der Waals surface area contributed by atoms with Crippen LogP contribution in [0.5, 0.6) is 17.2 Å². The van der Waals surface area contributed by atoms with Crippen molar-refractivity contribution in [2.75, 3.05) is 26.0 Å². The van der Waals surface area contributed by atoms with Crippen molar-refractivity contribution in [2.24, 2.45) is 0 Å². The van der Waals surface area contributed by atoms with Crippen molar-refractivity contribution in [3.05, 3.63) is 71.8 Å². The number of ether oxygens (including phenoxy) is 3. The molecule has 7 nitrogen and oxygen atoms in total. The number of carbonyl (C=O) groups is 1. The lowest BCUT2D eigenvalue weighted by molar-refractivity contribution is 0.0932. The average Bonchev–Trinajstić information content (AvgIpc) is 3.25. The Hall–Kier alpha value is -3.52. The highest BCUT2D eigenvalue weighted by atomic mass is 32.2. The van der Waals surface area contributed by atoms with E-state index in [-0.39, 0.29) is 16.9 Å². The molecule has 0 saturated heterocycles. The van der Waals surface area contributed by atoms with Crippen LogP contribution >= 0.6 is 0 Å². The Morgan fingerprint density at radius 1 is 1.00 bits per heavy atom. The molecule has 3 aromatic carbocycles. The minimum atomic E-state index is -3.25. The maximum Gasteiger partial charge on any atom is 0.251 e. The number of rotatable bonds is 5. The van der Waals surface area contributed by atoms with Crippen LogP contribution in [0.25, 0.3) is 11.1 Å². The zero-order chi connectivity index (χ0) is 23.0. The van der Waals surface area contributed by atoms with Crippen molar-refractivity contribution in [3.8, 4) is 28.4 Å². The lowest BCUT2D eigenvalue weighted by Crippen LogP contribution is -2.34. The number of hydrogen-bond acceptors (Lipinski definition) is 6. The Balaban J connectivity index is 1.27. The van der Waals surface area contributed by atoms with Gasteiger partial charge in [0.2, 0.25) is 0 Å². The quantitative estimate of drug-likeness (QED) is 0.622. The number of fused-ring (bicyclic) bond motifs is 2. The monoisotopic (exact) mass is 465 g/mol. The van der Waals surface area contributed by atoms with Gasteiger partial charge in [-0.05, 0) is 41.5 Å². The summed E-state index contributed by atoms with van der Waals surface area (Å²) in [7, 11) is -3.25. The minimum absolute atomic E-state index is 0.197. The molecule has 2 heterocycles. The van der Waals surface area contributed by atoms with Gasteiger partial charge in [-0.3, -0.25) is 4.79 Å². The number of para-hydroxylation sites is 1. The van der Waals surface area contributed by atoms with Gasteiger partial charge in [0.25, 0.3) is 5.91 Å². The van der Waals surface area contributed by atoms with E-state index in [0.29, 0.717) is 43.2 Å². The first-order valence-corrected chi connectivity index (χ1v) is 12.5. The van der Waals surface area contributed by atoms with Gasteiger partial charge < -0.3 is 19.5 Å². The summed E-state index contributed by atoms with van der Waals surface area (Å²) in [5.41, 5.74) is 3.33. The van der Waals surface area contributed by atoms with Crippen LogP contribution in [0, 0.1) is 0 Å². The molecule has 0 fully saturated rings. The van der Waals surface area contributed by atoms with Crippen molar-refractivity contribution >= 4 is 15.7 Å². The molecule has 8 heteroatoms. The molecule has 0 aliphatic carbocycles. The summed E-state index contributed by atoms with van der Waals surface area (Å²) in [5.74, 6) is 1.78. The predicted octanol–water partition coefficient (Wildman–Crippen LogP) is 3.26. The van der Waals surface area contributed by atoms with E-state index >= 15 is 0 Å². The van der Waals surface area contributed by atoms with Crippen LogP contribution in [0.15, 0.2) is 65.6 Å². The molecule has 1 amide bonds. The summed E-state index contributed by atoms with van der Waals surface area (Å²) in [6.07, 6.45) is 1.67. The summed E-state index contributed by atoms with van der Waals surface area (Å²) in [6.45, 7) is 1.32. The Kier molecular flexibility index (Phi) is 5.46. The summed E-state index contributed by atoms with van der Waals surface area (Å²) in [4.78, 5) is 12.9. The van der Waals surface area contributed by atoms with Crippen molar-refractivity contribution in [1.29, 1.82) is 0 Å². The van der Waals surface area contributed by atoms with Gasteiger partial charge in [0.15, 0.2) is 21.3 Å². The molecule has 1 N–H and O–H groups in total. The normalized spacial score (nSPS) is 16.6. The van der Waals surface area contributed by atoms with E-state index in [2.05, 4.69) is 5.32 Å². The fourth-order valence-corrected chi connectivity index (χ4v) is 4.68. The molecule has 0 aromatic heterocycles. The van der Waals surface area contributed by atoms with Gasteiger partial charge >= 0.3 is 0 Å². The zero-order valence-corrected chi connectivity index (χ0v) is 18.9. The highest BCUT2D eigenvalue weighted by Crippen LogP contribution is 2.39. The van der Waals surface area contributed by atoms with Crippen LogP contribution in [-0.2, 0) is 16.3 Å². The number of hydrogen-bond donors (Lipinski definition) is 1. The third kappa shape index (κ3) is 4.39. The first-order valence-electron chi connectivity index (χ1n) is 10.7. The highest BCUT2D eigenvalue weighted by molar-refractivity contribution is 7.90. The Labute approximate surface area is 192 Å². The lowest BCUT2D eigenvalue weighted by atomic mass is 10.0. The molecule has 1 atom stereocenters. The van der Waals surface area contributed by atoms with Gasteiger partial charge in [0.1, 0.15) is 25.1 Å². The van der Waals surface area contributed by atoms with Crippen molar-refractivity contribution in [1.82, 2.24) is 5.32 Å². The van der Waals surface area contributed by atoms with Gasteiger partial charge in [-0.25, -0.2) is 8.42 Å². The van der Waals surface area contributed by atoms with Gasteiger partial charge in [-0.2, -0.15) is 0 Å². The molecule has 0 saturated carbocycles. The molecular weight excluding hydrogens is 442 g/mol. The van der Waals surface area contributed by atoms with E-state index in [4.69, 9.17) is 14.2 Å². The SMILES string of the molecule is CS(=O)(=O)c1ccc(-c2cccc3c2O[C@@H](CNC(=O)c2ccc4c(c2)OCCO4)C3)cc1. The maximum absolute atomic E-state index is 12.6. The molecule has 0 unspecified atom stereocenters. The van der Waals surface area contributed by atoms with Crippen LogP contribution in [0.4, 0.5) is 0 Å². The molecule has 0 bridgehead atoms. The molecule has 2 aliphatic heterocycles. The van der Waals surface area contributed by atoms with E-state index in [9.17, 15) is 13.2 Å². The second kappa shape index (κ2) is 8.44. The fourth-order valence-electron chi connectivity index (χ4n) is 4.05. The first-order chi connectivity index (χ1) is 15.9. The van der Waals surface area contributed by atoms with Crippen LogP contribution < -0.4 is 19.5 Å². The summed E-state index contributed by atoms with van der Waals surface area (Å²) >= 11 is 0. The van der Waals surface area contributed by atoms with Gasteiger partial charge in [-0.1, -0.05) is 30.3 Å². The molecule has 0 radical (unpaired) electrons. The van der Waals surface area contributed by atoms with Gasteiger partial charge in [0.05, 0.1) is 11.4 Å². The van der Waals surface area contributed by atoms with Gasteiger partial charge in [-0.15, -0.1) is 0 Å². The topological polar surface area (TPSA) is 90.9 Å². The molecule has 5 rings (SSSR count). The third-order valence-electron chi connectivity index (χ3n) is 5.72. The third-order valence-corrected chi connectivity index (χ3v) is 6.85. The van der Waals surface area contributed by atoms with E-state index in [1.165, 1.54) is 6.26 Å². The fraction of sp³-hybridized carbons (Fsp3) is 0.240. The largest absolute Gasteiger partial charge is 0.487 e. The number of amides is 1. The Morgan fingerprint density at radius 3 is 2.52 bits per heavy atom. The van der Waals surface area contributed by atoms with E-state index in [1.54, 1.807) is 42.5 Å². The Bertz CT molecular complexity index is 1320. The van der Waals surface area contributed by atoms with E-state index in [0.717, 1.165) is 22.4 Å². The van der Waals surface area contributed by atoms with E-state index < -0.39 is 9.84 Å². The first kappa shape index (κ1) is 21.3. The number of sulfone groups is 1. The second-order valence-corrected chi connectivity index (χ2v) is 10.1. The molecule has 3 aromatic rings. The molecule has 33 heavy (non-hydrogen) atoms. The summed E-state index contributed by atoms with van der Waals surface area (Å²) < 4.78 is 40.7. The van der Waals surface area contributed by atoms with Crippen LogP contribution in [0.1, 0.15) is 15.9 Å². The predicted molar refractivity (Wildman–Crippen MR) is 123 cm³/mol. The summed E-state index contributed by atoms with van der Waals surface area (Å²) in [5, 5.41) is 2.94. The highest BCUT2D eigenvalue weighted by Gasteiger charge is 2.26. The van der Waals surface area contributed by atoms with Crippen LogP contribution in [0.3, 0.4) is 0 Å². The molecule has 2 aliphatic rings. The standard InChI is InChI=1S/C25H23NO6S/c1-33(28,29)20-8-5-16(6-9-20)21-4-2-3-17-13-19(32-24(17)21)15-26-25(27)18-7-10-22-23(14-18)31-12-11-30-22/h2-10,14,19H,11-13,15H2,1H3,(H,26,27)/t19-/m1/s1. The second-order valence-electron chi connectivity index (χ2n) is 8.10. The minimum Gasteiger partial charge on any atom is -0.487 e. The average molecular weight is 466 g/mol. The van der Waals surface area contributed by atoms with Crippen molar-refractivity contribution < 1.29 is 27.4 Å². The zero-order valence-electron chi connectivity index (χ0n) is 18.0. The van der Waals surface area contributed by atoms with Crippen LogP contribution in [0.2, 0.25) is 0 Å². The van der Waals surface area contributed by atoms with Crippen molar-refractivity contribution in [3.63, 3.8) is 0 Å². The smallest absolute Gasteiger partial charge is 0.251 e. The van der Waals surface area contributed by atoms with E-state index in [1.807, 2.05) is 18.2 Å². The number of benzene rings is 3. The molecule has 170 valence electrons. The number of carbonyl (C=O) groups excluding carboxylic acids is 1. The van der Waals surface area contributed by atoms with Crippen molar-refractivity contribution in [2.45, 2.75) is 17.4 Å². The number of nitrogens with one attached hydrogen (secondary N) is 1. The summed E-state index contributed by atoms with van der Waals surface area (Å²) in [6, 6.07) is 17.8. The van der Waals surface area contributed by atoms with Gasteiger partial charge in [0, 0.05) is 23.8 Å². The lowest BCUT2D eigenvalue weighted by Gasteiger charge is -2.19.